The van der Waals surface area contributed by atoms with Crippen molar-refractivity contribution in [2.45, 2.75) is 31.2 Å². The van der Waals surface area contributed by atoms with Crippen LogP contribution in [0.4, 0.5) is 0 Å². The van der Waals surface area contributed by atoms with Gasteiger partial charge in [0.05, 0.1) is 0 Å². The molecule has 2 atom stereocenters. The van der Waals surface area contributed by atoms with E-state index in [1.54, 1.807) is 0 Å². The summed E-state index contributed by atoms with van der Waals surface area (Å²) < 4.78 is 0. The van der Waals surface area contributed by atoms with Crippen LogP contribution in [-0.2, 0) is 0 Å². The van der Waals surface area contributed by atoms with Crippen molar-refractivity contribution in [2.24, 2.45) is 0 Å². The monoisotopic (exact) mass is 381 g/mol. The smallest absolute Gasteiger partial charge is 0.0445 e. The summed E-state index contributed by atoms with van der Waals surface area (Å²) in [7, 11) is 0. The first kappa shape index (κ1) is 18.4. The lowest BCUT2D eigenvalue weighted by molar-refractivity contribution is 0.244. The topological polar surface area (TPSA) is 32.3 Å². The van der Waals surface area contributed by atoms with Crippen LogP contribution in [0.2, 0.25) is 0 Å². The molecule has 2 N–H and O–H groups in total. The molecule has 0 aromatic heterocycles. The van der Waals surface area contributed by atoms with Crippen molar-refractivity contribution in [3.05, 3.63) is 95.1 Å². The van der Waals surface area contributed by atoms with Gasteiger partial charge in [0, 0.05) is 19.2 Å². The van der Waals surface area contributed by atoms with E-state index in [1.165, 1.54) is 45.4 Å². The van der Waals surface area contributed by atoms with Gasteiger partial charge in [-0.1, -0.05) is 72.8 Å². The predicted octanol–water partition coefficient (Wildman–Crippen LogP) is 5.47. The van der Waals surface area contributed by atoms with Crippen molar-refractivity contribution in [2.75, 3.05) is 13.2 Å². The van der Waals surface area contributed by atoms with E-state index in [-0.39, 0.29) is 6.61 Å². The zero-order valence-electron chi connectivity index (χ0n) is 16.6. The maximum atomic E-state index is 9.13. The molecule has 0 spiro atoms. The van der Waals surface area contributed by atoms with Crippen molar-refractivity contribution >= 4 is 11.6 Å². The SMILES string of the molecule is OCCC1CCC(c2ccc(C=C3c4ccccc4-c4ccccc43)cc2)CN1. The minimum Gasteiger partial charge on any atom is -0.396 e. The standard InChI is InChI=1S/C27H27NO/c29-16-15-22-14-13-21(18-28-22)20-11-9-19(10-12-20)17-27-25-7-3-1-5-23(25)24-6-2-4-8-26(24)27/h1-12,17,21-22,28-29H,13-16,18H2. The Morgan fingerprint density at radius 3 is 1.97 bits per heavy atom. The molecule has 146 valence electrons. The molecule has 1 heterocycles. The maximum Gasteiger partial charge on any atom is 0.0445 e. The second-order valence-corrected chi connectivity index (χ2v) is 8.21. The fourth-order valence-electron chi connectivity index (χ4n) is 4.84. The number of piperidine rings is 1. The van der Waals surface area contributed by atoms with Crippen LogP contribution < -0.4 is 5.32 Å². The van der Waals surface area contributed by atoms with Gasteiger partial charge in [-0.3, -0.25) is 0 Å². The maximum absolute atomic E-state index is 9.13. The normalized spacial score (nSPS) is 20.2. The molecule has 1 aliphatic carbocycles. The summed E-state index contributed by atoms with van der Waals surface area (Å²) in [4.78, 5) is 0. The number of fused-ring (bicyclic) bond motifs is 3. The lowest BCUT2D eigenvalue weighted by Crippen LogP contribution is -2.38. The lowest BCUT2D eigenvalue weighted by Gasteiger charge is -2.30. The first-order valence-corrected chi connectivity index (χ1v) is 10.7. The molecule has 1 fully saturated rings. The van der Waals surface area contributed by atoms with Crippen LogP contribution >= 0.6 is 0 Å². The Kier molecular flexibility index (Phi) is 5.05. The first-order chi connectivity index (χ1) is 14.3. The van der Waals surface area contributed by atoms with Gasteiger partial charge >= 0.3 is 0 Å². The van der Waals surface area contributed by atoms with Crippen LogP contribution in [0, 0.1) is 0 Å². The second kappa shape index (κ2) is 7.98. The van der Waals surface area contributed by atoms with E-state index in [4.69, 9.17) is 5.11 Å². The molecular formula is C27H27NO. The molecule has 1 saturated heterocycles. The third-order valence-electron chi connectivity index (χ3n) is 6.44. The second-order valence-electron chi connectivity index (χ2n) is 8.21. The van der Waals surface area contributed by atoms with E-state index in [9.17, 15) is 0 Å². The molecule has 2 unspecified atom stereocenters. The fourth-order valence-corrected chi connectivity index (χ4v) is 4.84. The Bertz CT molecular complexity index is 979. The summed E-state index contributed by atoms with van der Waals surface area (Å²) in [6.45, 7) is 1.28. The molecule has 0 bridgehead atoms. The average Bonchev–Trinajstić information content (AvgIpc) is 3.09. The summed E-state index contributed by atoms with van der Waals surface area (Å²) in [5.41, 5.74) is 9.28. The van der Waals surface area contributed by atoms with E-state index < -0.39 is 0 Å². The van der Waals surface area contributed by atoms with Crippen molar-refractivity contribution in [3.8, 4) is 11.1 Å². The highest BCUT2D eigenvalue weighted by Gasteiger charge is 2.23. The van der Waals surface area contributed by atoms with Gasteiger partial charge in [-0.25, -0.2) is 0 Å². The average molecular weight is 382 g/mol. The largest absolute Gasteiger partial charge is 0.396 e. The zero-order chi connectivity index (χ0) is 19.6. The fraction of sp³-hybridized carbons (Fsp3) is 0.259. The molecule has 1 aliphatic heterocycles. The molecule has 3 aromatic carbocycles. The van der Waals surface area contributed by atoms with Crippen LogP contribution in [0.5, 0.6) is 0 Å². The van der Waals surface area contributed by atoms with Gasteiger partial charge in [-0.2, -0.15) is 0 Å². The first-order valence-electron chi connectivity index (χ1n) is 10.7. The molecule has 2 aliphatic rings. The van der Waals surface area contributed by atoms with E-state index >= 15 is 0 Å². The highest BCUT2D eigenvalue weighted by Crippen LogP contribution is 2.44. The Labute approximate surface area is 172 Å². The number of benzene rings is 3. The van der Waals surface area contributed by atoms with Crippen LogP contribution in [0.3, 0.4) is 0 Å². The number of rotatable bonds is 4. The van der Waals surface area contributed by atoms with Gasteiger partial charge in [0.25, 0.3) is 0 Å². The summed E-state index contributed by atoms with van der Waals surface area (Å²) in [5, 5.41) is 12.7. The number of hydrogen-bond acceptors (Lipinski definition) is 2. The van der Waals surface area contributed by atoms with E-state index in [1.807, 2.05) is 0 Å². The van der Waals surface area contributed by atoms with Crippen LogP contribution in [0.15, 0.2) is 72.8 Å². The van der Waals surface area contributed by atoms with E-state index in [2.05, 4.69) is 84.2 Å². The van der Waals surface area contributed by atoms with Gasteiger partial charge in [0.1, 0.15) is 0 Å². The van der Waals surface area contributed by atoms with Gasteiger partial charge in [-0.05, 0) is 70.2 Å². The quantitative estimate of drug-likeness (QED) is 0.491. The Hall–Kier alpha value is -2.68. The lowest BCUT2D eigenvalue weighted by atomic mass is 9.87. The van der Waals surface area contributed by atoms with E-state index in [0.29, 0.717) is 12.0 Å². The number of hydrogen-bond donors (Lipinski definition) is 2. The highest BCUT2D eigenvalue weighted by molar-refractivity contribution is 6.06. The Balaban J connectivity index is 1.40. The van der Waals surface area contributed by atoms with Crippen LogP contribution in [-0.4, -0.2) is 24.3 Å². The Morgan fingerprint density at radius 1 is 0.793 bits per heavy atom. The van der Waals surface area contributed by atoms with Crippen molar-refractivity contribution in [3.63, 3.8) is 0 Å². The molecule has 5 rings (SSSR count). The van der Waals surface area contributed by atoms with Crippen molar-refractivity contribution in [1.29, 1.82) is 0 Å². The summed E-state index contributed by atoms with van der Waals surface area (Å²) in [5.74, 6) is 0.569. The molecule has 2 nitrogen and oxygen atoms in total. The molecule has 2 heteroatoms. The molecular weight excluding hydrogens is 354 g/mol. The zero-order valence-corrected chi connectivity index (χ0v) is 16.6. The Morgan fingerprint density at radius 2 is 1.41 bits per heavy atom. The number of aliphatic hydroxyl groups excluding tert-OH is 1. The molecule has 0 amide bonds. The van der Waals surface area contributed by atoms with Gasteiger partial charge < -0.3 is 10.4 Å². The molecule has 3 aromatic rings. The van der Waals surface area contributed by atoms with Crippen LogP contribution in [0.25, 0.3) is 22.8 Å². The van der Waals surface area contributed by atoms with Gasteiger partial charge in [0.15, 0.2) is 0 Å². The van der Waals surface area contributed by atoms with Crippen molar-refractivity contribution in [1.82, 2.24) is 5.32 Å². The van der Waals surface area contributed by atoms with Gasteiger partial charge in [-0.15, -0.1) is 0 Å². The number of nitrogens with one attached hydrogen (secondary N) is 1. The van der Waals surface area contributed by atoms with Crippen molar-refractivity contribution < 1.29 is 5.11 Å². The molecule has 0 radical (unpaired) electrons. The molecule has 29 heavy (non-hydrogen) atoms. The number of aliphatic hydroxyl groups is 1. The summed E-state index contributed by atoms with van der Waals surface area (Å²) >= 11 is 0. The molecule has 0 saturated carbocycles. The summed E-state index contributed by atoms with van der Waals surface area (Å²) in [6, 6.07) is 27.0. The van der Waals surface area contributed by atoms with Gasteiger partial charge in [0.2, 0.25) is 0 Å². The van der Waals surface area contributed by atoms with Crippen LogP contribution in [0.1, 0.15) is 47.4 Å². The third kappa shape index (κ3) is 3.55. The predicted molar refractivity (Wildman–Crippen MR) is 121 cm³/mol. The van der Waals surface area contributed by atoms with E-state index in [0.717, 1.165) is 19.4 Å². The summed E-state index contributed by atoms with van der Waals surface area (Å²) in [6.07, 6.45) is 5.52. The minimum atomic E-state index is 0.276. The third-order valence-corrected chi connectivity index (χ3v) is 6.44. The minimum absolute atomic E-state index is 0.276. The highest BCUT2D eigenvalue weighted by atomic mass is 16.3.